The smallest absolute Gasteiger partial charge is 0.231 e. The van der Waals surface area contributed by atoms with Crippen molar-refractivity contribution in [1.29, 1.82) is 0 Å². The van der Waals surface area contributed by atoms with E-state index in [1.54, 1.807) is 0 Å². The van der Waals surface area contributed by atoms with Crippen LogP contribution in [-0.4, -0.2) is 16.2 Å². The predicted molar refractivity (Wildman–Crippen MR) is 83.0 cm³/mol. The molecule has 2 fully saturated rings. The number of hydrogen-bond donors (Lipinski definition) is 1. The standard InChI is InChI=1S/C17H29N3O/c1-11(2)12-7-9-13(10-8-12)16-19-17(21-20-16)14-5-3-4-6-15(14)18/h11-15H,3-10,18H2,1-2H3. The van der Waals surface area contributed by atoms with Crippen LogP contribution in [0.15, 0.2) is 4.52 Å². The Kier molecular flexibility index (Phi) is 4.63. The molecule has 21 heavy (non-hydrogen) atoms. The average Bonchev–Trinajstić information content (AvgIpc) is 2.97. The largest absolute Gasteiger partial charge is 0.339 e. The number of nitrogens with two attached hydrogens (primary N) is 1. The van der Waals surface area contributed by atoms with Gasteiger partial charge in [-0.25, -0.2) is 0 Å². The lowest BCUT2D eigenvalue weighted by Crippen LogP contribution is -2.31. The summed E-state index contributed by atoms with van der Waals surface area (Å²) in [5.41, 5.74) is 6.22. The molecule has 2 atom stereocenters. The van der Waals surface area contributed by atoms with E-state index in [9.17, 15) is 0 Å². The molecular formula is C17H29N3O. The second-order valence-corrected chi connectivity index (χ2v) is 7.40. The molecule has 2 aliphatic rings. The molecule has 0 aromatic carbocycles. The molecule has 2 N–H and O–H groups in total. The Labute approximate surface area is 127 Å². The van der Waals surface area contributed by atoms with Gasteiger partial charge in [0.15, 0.2) is 5.82 Å². The van der Waals surface area contributed by atoms with Crippen molar-refractivity contribution in [2.75, 3.05) is 0 Å². The van der Waals surface area contributed by atoms with Gasteiger partial charge in [-0.2, -0.15) is 4.98 Å². The van der Waals surface area contributed by atoms with Crippen LogP contribution in [0.1, 0.15) is 88.8 Å². The highest BCUT2D eigenvalue weighted by molar-refractivity contribution is 5.04. The minimum Gasteiger partial charge on any atom is -0.339 e. The average molecular weight is 291 g/mol. The Bertz CT molecular complexity index is 449. The first-order valence-electron chi connectivity index (χ1n) is 8.74. The summed E-state index contributed by atoms with van der Waals surface area (Å²) < 4.78 is 5.56. The van der Waals surface area contributed by atoms with E-state index in [4.69, 9.17) is 15.2 Å². The minimum absolute atomic E-state index is 0.198. The predicted octanol–water partition coefficient (Wildman–Crippen LogP) is 3.98. The lowest BCUT2D eigenvalue weighted by atomic mass is 9.77. The lowest BCUT2D eigenvalue weighted by molar-refractivity contribution is 0.250. The van der Waals surface area contributed by atoms with Gasteiger partial charge in [0.2, 0.25) is 5.89 Å². The number of nitrogens with zero attached hydrogens (tertiary/aromatic N) is 2. The van der Waals surface area contributed by atoms with Crippen molar-refractivity contribution in [2.45, 2.75) is 83.1 Å². The topological polar surface area (TPSA) is 64.9 Å². The summed E-state index contributed by atoms with van der Waals surface area (Å²) in [6.45, 7) is 4.67. The summed E-state index contributed by atoms with van der Waals surface area (Å²) in [6.07, 6.45) is 9.67. The van der Waals surface area contributed by atoms with E-state index in [2.05, 4.69) is 19.0 Å². The maximum Gasteiger partial charge on any atom is 0.231 e. The van der Waals surface area contributed by atoms with Gasteiger partial charge in [0.25, 0.3) is 0 Å². The highest BCUT2D eigenvalue weighted by atomic mass is 16.5. The Morgan fingerprint density at radius 3 is 2.43 bits per heavy atom. The fourth-order valence-corrected chi connectivity index (χ4v) is 4.07. The molecule has 0 saturated heterocycles. The maximum atomic E-state index is 6.22. The van der Waals surface area contributed by atoms with Crippen molar-refractivity contribution in [3.05, 3.63) is 11.7 Å². The normalized spacial score (nSPS) is 34.3. The molecule has 1 heterocycles. The Morgan fingerprint density at radius 1 is 1.05 bits per heavy atom. The highest BCUT2D eigenvalue weighted by Gasteiger charge is 2.31. The van der Waals surface area contributed by atoms with Crippen LogP contribution in [-0.2, 0) is 0 Å². The Balaban J connectivity index is 1.63. The molecule has 1 aromatic rings. The van der Waals surface area contributed by atoms with E-state index in [0.717, 1.165) is 36.4 Å². The zero-order chi connectivity index (χ0) is 14.8. The summed E-state index contributed by atoms with van der Waals surface area (Å²) in [5.74, 6) is 4.18. The summed E-state index contributed by atoms with van der Waals surface area (Å²) in [4.78, 5) is 4.72. The van der Waals surface area contributed by atoms with Crippen molar-refractivity contribution in [3.8, 4) is 0 Å². The van der Waals surface area contributed by atoms with Crippen molar-refractivity contribution < 1.29 is 4.52 Å². The number of aromatic nitrogens is 2. The van der Waals surface area contributed by atoms with E-state index in [1.807, 2.05) is 0 Å². The first kappa shape index (κ1) is 15.0. The molecule has 118 valence electrons. The molecule has 2 unspecified atom stereocenters. The second kappa shape index (κ2) is 6.47. The van der Waals surface area contributed by atoms with Gasteiger partial charge in [0.1, 0.15) is 0 Å². The fraction of sp³-hybridized carbons (Fsp3) is 0.882. The van der Waals surface area contributed by atoms with Crippen LogP contribution < -0.4 is 5.73 Å². The van der Waals surface area contributed by atoms with Gasteiger partial charge >= 0.3 is 0 Å². The fourth-order valence-electron chi connectivity index (χ4n) is 4.07. The van der Waals surface area contributed by atoms with Gasteiger partial charge < -0.3 is 10.3 Å². The molecule has 3 rings (SSSR count). The summed E-state index contributed by atoms with van der Waals surface area (Å²) >= 11 is 0. The summed E-state index contributed by atoms with van der Waals surface area (Å²) in [7, 11) is 0. The first-order chi connectivity index (χ1) is 10.1. The van der Waals surface area contributed by atoms with Crippen LogP contribution in [0.25, 0.3) is 0 Å². The van der Waals surface area contributed by atoms with E-state index in [-0.39, 0.29) is 12.0 Å². The van der Waals surface area contributed by atoms with Gasteiger partial charge in [-0.05, 0) is 50.4 Å². The third-order valence-electron chi connectivity index (χ3n) is 5.67. The van der Waals surface area contributed by atoms with E-state index < -0.39 is 0 Å². The molecular weight excluding hydrogens is 262 g/mol. The SMILES string of the molecule is CC(C)C1CCC(c2noc(C3CCCCC3N)n2)CC1. The molecule has 2 saturated carbocycles. The van der Waals surface area contributed by atoms with E-state index in [1.165, 1.54) is 38.5 Å². The Hall–Kier alpha value is -0.900. The van der Waals surface area contributed by atoms with Crippen LogP contribution in [0.2, 0.25) is 0 Å². The van der Waals surface area contributed by atoms with Crippen molar-refractivity contribution in [2.24, 2.45) is 17.6 Å². The van der Waals surface area contributed by atoms with Crippen LogP contribution >= 0.6 is 0 Å². The molecule has 0 aliphatic heterocycles. The van der Waals surface area contributed by atoms with Gasteiger partial charge in [-0.1, -0.05) is 31.8 Å². The molecule has 0 spiro atoms. The minimum atomic E-state index is 0.198. The molecule has 1 aromatic heterocycles. The van der Waals surface area contributed by atoms with Gasteiger partial charge in [-0.15, -0.1) is 0 Å². The zero-order valence-corrected chi connectivity index (χ0v) is 13.4. The van der Waals surface area contributed by atoms with Crippen molar-refractivity contribution >= 4 is 0 Å². The van der Waals surface area contributed by atoms with E-state index >= 15 is 0 Å². The number of hydrogen-bond acceptors (Lipinski definition) is 4. The maximum absolute atomic E-state index is 6.22. The third-order valence-corrected chi connectivity index (χ3v) is 5.67. The second-order valence-electron chi connectivity index (χ2n) is 7.40. The van der Waals surface area contributed by atoms with Crippen LogP contribution in [0.4, 0.5) is 0 Å². The zero-order valence-electron chi connectivity index (χ0n) is 13.4. The van der Waals surface area contributed by atoms with E-state index in [0.29, 0.717) is 5.92 Å². The monoisotopic (exact) mass is 291 g/mol. The van der Waals surface area contributed by atoms with Crippen LogP contribution in [0, 0.1) is 11.8 Å². The molecule has 0 radical (unpaired) electrons. The van der Waals surface area contributed by atoms with Crippen LogP contribution in [0.5, 0.6) is 0 Å². The van der Waals surface area contributed by atoms with Gasteiger partial charge in [0, 0.05) is 12.0 Å². The molecule has 4 heteroatoms. The van der Waals surface area contributed by atoms with Gasteiger partial charge in [0.05, 0.1) is 5.92 Å². The summed E-state index contributed by atoms with van der Waals surface area (Å²) in [5, 5.41) is 4.28. The van der Waals surface area contributed by atoms with Crippen LogP contribution in [0.3, 0.4) is 0 Å². The molecule has 4 nitrogen and oxygen atoms in total. The molecule has 0 amide bonds. The molecule has 0 bridgehead atoms. The highest BCUT2D eigenvalue weighted by Crippen LogP contribution is 2.38. The lowest BCUT2D eigenvalue weighted by Gasteiger charge is -2.29. The van der Waals surface area contributed by atoms with Crippen molar-refractivity contribution in [1.82, 2.24) is 10.1 Å². The quantitative estimate of drug-likeness (QED) is 0.914. The first-order valence-corrected chi connectivity index (χ1v) is 8.74. The van der Waals surface area contributed by atoms with Crippen molar-refractivity contribution in [3.63, 3.8) is 0 Å². The Morgan fingerprint density at radius 2 is 1.76 bits per heavy atom. The third kappa shape index (κ3) is 3.31. The number of rotatable bonds is 3. The molecule has 2 aliphatic carbocycles. The van der Waals surface area contributed by atoms with Gasteiger partial charge in [-0.3, -0.25) is 0 Å². The summed E-state index contributed by atoms with van der Waals surface area (Å²) in [6, 6.07) is 0.198.